The molecule has 1 fully saturated rings. The number of carbonyl (C=O) groups is 1. The molecule has 0 spiro atoms. The summed E-state index contributed by atoms with van der Waals surface area (Å²) in [4.78, 5) is 13.7. The second-order valence-electron chi connectivity index (χ2n) is 7.21. The molecule has 0 unspecified atom stereocenters. The van der Waals surface area contributed by atoms with Crippen LogP contribution in [0.4, 0.5) is 5.69 Å². The topological polar surface area (TPSA) is 38.8 Å². The Morgan fingerprint density at radius 2 is 1.82 bits per heavy atom. The highest BCUT2D eigenvalue weighted by Gasteiger charge is 2.52. The van der Waals surface area contributed by atoms with Crippen molar-refractivity contribution in [3.63, 3.8) is 0 Å². The Balaban J connectivity index is 2.01. The fourth-order valence-electron chi connectivity index (χ4n) is 3.17. The van der Waals surface area contributed by atoms with Gasteiger partial charge < -0.3 is 14.2 Å². The Hall–Kier alpha value is -1.33. The predicted octanol–water partition coefficient (Wildman–Crippen LogP) is 2.28. The first kappa shape index (κ1) is 15.6. The fourth-order valence-corrected chi connectivity index (χ4v) is 3.17. The third-order valence-electron chi connectivity index (χ3n) is 5.17. The molecule has 118 valence electrons. The molecule has 0 aromatic heterocycles. The standard InChI is InChI=1S/C17H24BNO3/c1-12(20)19-11-7-8-13-14(9-6-10-15(13)19)18-21-16(2,3)17(4,5)22-18/h6,9-10H,7-8,11H2,1-5H3. The van der Waals surface area contributed by atoms with E-state index < -0.39 is 0 Å². The molecule has 1 aromatic carbocycles. The fraction of sp³-hybridized carbons (Fsp3) is 0.588. The summed E-state index contributed by atoms with van der Waals surface area (Å²) in [6, 6.07) is 6.07. The molecule has 22 heavy (non-hydrogen) atoms. The van der Waals surface area contributed by atoms with Crippen LogP contribution in [0.25, 0.3) is 0 Å². The molecular formula is C17H24BNO3. The van der Waals surface area contributed by atoms with Crippen molar-refractivity contribution in [1.29, 1.82) is 0 Å². The molecule has 4 nitrogen and oxygen atoms in total. The van der Waals surface area contributed by atoms with Gasteiger partial charge in [-0.2, -0.15) is 0 Å². The van der Waals surface area contributed by atoms with Gasteiger partial charge in [-0.15, -0.1) is 0 Å². The van der Waals surface area contributed by atoms with Crippen LogP contribution in [0.2, 0.25) is 0 Å². The van der Waals surface area contributed by atoms with Gasteiger partial charge in [0.15, 0.2) is 0 Å². The number of fused-ring (bicyclic) bond motifs is 1. The first-order chi connectivity index (χ1) is 10.2. The second kappa shape index (κ2) is 5.10. The number of benzene rings is 1. The summed E-state index contributed by atoms with van der Waals surface area (Å²) in [6.45, 7) is 10.6. The lowest BCUT2D eigenvalue weighted by molar-refractivity contribution is -0.116. The first-order valence-electron chi connectivity index (χ1n) is 7.98. The van der Waals surface area contributed by atoms with Crippen LogP contribution in [0.3, 0.4) is 0 Å². The molecule has 1 saturated heterocycles. The number of rotatable bonds is 1. The molecule has 5 heteroatoms. The van der Waals surface area contributed by atoms with E-state index >= 15 is 0 Å². The van der Waals surface area contributed by atoms with Gasteiger partial charge in [-0.3, -0.25) is 4.79 Å². The van der Waals surface area contributed by atoms with E-state index in [0.717, 1.165) is 30.5 Å². The molecule has 1 amide bonds. The summed E-state index contributed by atoms with van der Waals surface area (Å²) in [5.74, 6) is 0.0898. The SMILES string of the molecule is CC(=O)N1CCCc2c(B3OC(C)(C)C(C)(C)O3)cccc21. The van der Waals surface area contributed by atoms with E-state index in [9.17, 15) is 4.79 Å². The van der Waals surface area contributed by atoms with E-state index in [1.807, 2.05) is 17.0 Å². The van der Waals surface area contributed by atoms with E-state index in [0.29, 0.717) is 0 Å². The largest absolute Gasteiger partial charge is 0.495 e. The van der Waals surface area contributed by atoms with Crippen LogP contribution in [-0.2, 0) is 20.5 Å². The average molecular weight is 301 g/mol. The number of amides is 1. The Kier molecular flexibility index (Phi) is 3.61. The molecule has 3 rings (SSSR count). The van der Waals surface area contributed by atoms with Crippen LogP contribution < -0.4 is 10.4 Å². The molecule has 2 heterocycles. The van der Waals surface area contributed by atoms with E-state index in [1.54, 1.807) is 6.92 Å². The average Bonchev–Trinajstić information content (AvgIpc) is 2.65. The summed E-state index contributed by atoms with van der Waals surface area (Å²) < 4.78 is 12.4. The van der Waals surface area contributed by atoms with Crippen molar-refractivity contribution in [1.82, 2.24) is 0 Å². The normalized spacial score (nSPS) is 22.6. The lowest BCUT2D eigenvalue weighted by atomic mass is 9.73. The predicted molar refractivity (Wildman–Crippen MR) is 88.5 cm³/mol. The highest BCUT2D eigenvalue weighted by molar-refractivity contribution is 6.62. The molecule has 1 aromatic rings. The lowest BCUT2D eigenvalue weighted by Crippen LogP contribution is -2.41. The van der Waals surface area contributed by atoms with Crippen molar-refractivity contribution >= 4 is 24.2 Å². The van der Waals surface area contributed by atoms with E-state index in [4.69, 9.17) is 9.31 Å². The van der Waals surface area contributed by atoms with Gasteiger partial charge in [0, 0.05) is 19.2 Å². The van der Waals surface area contributed by atoms with Gasteiger partial charge in [-0.1, -0.05) is 12.1 Å². The minimum Gasteiger partial charge on any atom is -0.399 e. The van der Waals surface area contributed by atoms with E-state index in [-0.39, 0.29) is 24.2 Å². The van der Waals surface area contributed by atoms with Gasteiger partial charge in [-0.05, 0) is 57.6 Å². The van der Waals surface area contributed by atoms with Gasteiger partial charge >= 0.3 is 7.12 Å². The molecular weight excluding hydrogens is 277 g/mol. The smallest absolute Gasteiger partial charge is 0.399 e. The molecule has 2 aliphatic rings. The van der Waals surface area contributed by atoms with E-state index in [1.165, 1.54) is 5.56 Å². The van der Waals surface area contributed by atoms with Gasteiger partial charge in [0.05, 0.1) is 11.2 Å². The Bertz CT molecular complexity index is 596. The van der Waals surface area contributed by atoms with Crippen molar-refractivity contribution in [2.24, 2.45) is 0 Å². The van der Waals surface area contributed by atoms with Crippen molar-refractivity contribution in [2.75, 3.05) is 11.4 Å². The number of carbonyl (C=O) groups excluding carboxylic acids is 1. The second-order valence-corrected chi connectivity index (χ2v) is 7.21. The van der Waals surface area contributed by atoms with Gasteiger partial charge in [-0.25, -0.2) is 0 Å². The van der Waals surface area contributed by atoms with Gasteiger partial charge in [0.2, 0.25) is 5.91 Å². The van der Waals surface area contributed by atoms with Crippen molar-refractivity contribution < 1.29 is 14.1 Å². The number of anilines is 1. The quantitative estimate of drug-likeness (QED) is 0.747. The molecule has 0 radical (unpaired) electrons. The molecule has 0 bridgehead atoms. The number of hydrogen-bond acceptors (Lipinski definition) is 3. The van der Waals surface area contributed by atoms with Crippen LogP contribution in [0.5, 0.6) is 0 Å². The summed E-state index contributed by atoms with van der Waals surface area (Å²) >= 11 is 0. The number of nitrogens with zero attached hydrogens (tertiary/aromatic N) is 1. The van der Waals surface area contributed by atoms with Gasteiger partial charge in [0.25, 0.3) is 0 Å². The minimum absolute atomic E-state index is 0.0898. The molecule has 0 aliphatic carbocycles. The maximum absolute atomic E-state index is 11.9. The van der Waals surface area contributed by atoms with Crippen LogP contribution in [0, 0.1) is 0 Å². The first-order valence-corrected chi connectivity index (χ1v) is 7.98. The summed E-state index contributed by atoms with van der Waals surface area (Å²) in [6.07, 6.45) is 1.93. The highest BCUT2D eigenvalue weighted by atomic mass is 16.7. The third-order valence-corrected chi connectivity index (χ3v) is 5.17. The van der Waals surface area contributed by atoms with Gasteiger partial charge in [0.1, 0.15) is 0 Å². The summed E-state index contributed by atoms with van der Waals surface area (Å²) in [7, 11) is -0.369. The van der Waals surface area contributed by atoms with Crippen LogP contribution in [0.1, 0.15) is 46.6 Å². The molecule has 0 atom stereocenters. The zero-order chi connectivity index (χ0) is 16.1. The molecule has 0 saturated carbocycles. The van der Waals surface area contributed by atoms with Crippen LogP contribution in [0.15, 0.2) is 18.2 Å². The summed E-state index contributed by atoms with van der Waals surface area (Å²) in [5.41, 5.74) is 2.54. The van der Waals surface area contributed by atoms with Crippen LogP contribution in [-0.4, -0.2) is 30.8 Å². The maximum atomic E-state index is 11.9. The molecule has 2 aliphatic heterocycles. The Morgan fingerprint density at radius 3 is 2.41 bits per heavy atom. The monoisotopic (exact) mass is 301 g/mol. The maximum Gasteiger partial charge on any atom is 0.495 e. The Morgan fingerprint density at radius 1 is 1.18 bits per heavy atom. The Labute approximate surface area is 132 Å². The van der Waals surface area contributed by atoms with E-state index in [2.05, 4.69) is 33.8 Å². The number of hydrogen-bond donors (Lipinski definition) is 0. The van der Waals surface area contributed by atoms with Crippen LogP contribution >= 0.6 is 0 Å². The third kappa shape index (κ3) is 2.36. The van der Waals surface area contributed by atoms with Crippen molar-refractivity contribution in [2.45, 2.75) is 58.7 Å². The zero-order valence-corrected chi connectivity index (χ0v) is 14.1. The zero-order valence-electron chi connectivity index (χ0n) is 14.1. The van der Waals surface area contributed by atoms with Crippen molar-refractivity contribution in [3.8, 4) is 0 Å². The lowest BCUT2D eigenvalue weighted by Gasteiger charge is -2.32. The minimum atomic E-state index is -0.369. The highest BCUT2D eigenvalue weighted by Crippen LogP contribution is 2.37. The summed E-state index contributed by atoms with van der Waals surface area (Å²) in [5, 5.41) is 0. The van der Waals surface area contributed by atoms with Crippen molar-refractivity contribution in [3.05, 3.63) is 23.8 Å². The molecule has 0 N–H and O–H groups in total.